The fraction of sp³-hybridized carbons (Fsp3) is 0.857. The van der Waals surface area contributed by atoms with Crippen molar-refractivity contribution < 1.29 is 158 Å². The molecule has 0 aromatic rings. The van der Waals surface area contributed by atoms with Gasteiger partial charge in [0.25, 0.3) is 0 Å². The third-order valence-corrected chi connectivity index (χ3v) is 7.97. The van der Waals surface area contributed by atoms with Crippen LogP contribution >= 0.6 is 0 Å². The number of carboxylic acid groups (broad SMARTS) is 4. The van der Waals surface area contributed by atoms with E-state index in [9.17, 15) is 49.8 Å². The molecule has 0 saturated heterocycles. The molecule has 0 spiro atoms. The van der Waals surface area contributed by atoms with Crippen LogP contribution < -0.4 is 0 Å². The predicted molar refractivity (Wildman–Crippen MR) is 171 cm³/mol. The van der Waals surface area contributed by atoms with E-state index in [1.54, 1.807) is 0 Å². The van der Waals surface area contributed by atoms with Crippen LogP contribution in [0.1, 0.15) is 25.7 Å². The second kappa shape index (κ2) is 30.1. The number of carboxylic acids is 4. The molecule has 0 aromatic carbocycles. The van der Waals surface area contributed by atoms with E-state index in [1.807, 2.05) is 0 Å². The first kappa shape index (κ1) is 57.3. The maximum atomic E-state index is 10.6. The van der Waals surface area contributed by atoms with Gasteiger partial charge in [-0.3, -0.25) is 19.2 Å². The first-order valence-corrected chi connectivity index (χ1v) is 15.7. The minimum atomic E-state index is -1.64. The zero-order valence-electron chi connectivity index (χ0n) is 28.6. The summed E-state index contributed by atoms with van der Waals surface area (Å²) in [5.41, 5.74) is -1.64. The molecule has 0 aromatic heterocycles. The fourth-order valence-corrected chi connectivity index (χ4v) is 5.59. The summed E-state index contributed by atoms with van der Waals surface area (Å²) in [6.45, 7) is -2.17. The third kappa shape index (κ3) is 18.4. The van der Waals surface area contributed by atoms with E-state index in [1.165, 1.54) is 0 Å². The molecule has 0 aliphatic heterocycles. The van der Waals surface area contributed by atoms with Crippen LogP contribution in [0.4, 0.5) is 0 Å². The van der Waals surface area contributed by atoms with Gasteiger partial charge in [0.15, 0.2) is 0 Å². The summed E-state index contributed by atoms with van der Waals surface area (Å²) in [6, 6.07) is -5.61. The number of nitrogens with zero attached hydrogens (tertiary/aromatic N) is 6. The van der Waals surface area contributed by atoms with Gasteiger partial charge in [0.2, 0.25) is 0 Å². The van der Waals surface area contributed by atoms with Crippen molar-refractivity contribution >= 4 is 23.9 Å². The smallest absolute Gasteiger partial charge is 0.301 e. The van der Waals surface area contributed by atoms with Gasteiger partial charge >= 0.3 is 23.9 Å². The Balaban J connectivity index is -0.000000893. The molecule has 2 aliphatic carbocycles. The Morgan fingerprint density at radius 2 is 0.774 bits per heavy atom. The standard InChI is InChI=1S/2C14H24N3O8.3Hf/c18-6-5-17-14(7-19)12(16-4-2-9(22)23)11(24)10(13(14)25)15-3-1-8(20)21;18-6-5-17-11-13(24)9(15-3-1-7(19)20)12(23)10(14(11)25)16-4-2-8(21)22;;;/h10-13,18-19,24-25H,1-7H2,(H,20,21)(H,22,23);9-14,18,23-25H,1-6H2,(H,19,20)(H,21,22);;;/q2*-3;;;. The van der Waals surface area contributed by atoms with Crippen molar-refractivity contribution in [2.45, 2.75) is 92.0 Å². The number of rotatable bonds is 23. The van der Waals surface area contributed by atoms with E-state index in [-0.39, 0.29) is 156 Å². The van der Waals surface area contributed by atoms with Crippen molar-refractivity contribution in [1.82, 2.24) is 0 Å². The summed E-state index contributed by atoms with van der Waals surface area (Å²) in [5.74, 6) is -4.37. The minimum Gasteiger partial charge on any atom is -0.658 e. The molecule has 9 atom stereocenters. The second-order valence-corrected chi connectivity index (χ2v) is 11.4. The van der Waals surface area contributed by atoms with Crippen LogP contribution in [0, 0.1) is 0 Å². The van der Waals surface area contributed by atoms with Crippen LogP contribution in [-0.2, 0) is 96.7 Å². The summed E-state index contributed by atoms with van der Waals surface area (Å²) < 4.78 is 0. The molecule has 25 heteroatoms. The number of aliphatic hydroxyl groups excluding tert-OH is 8. The van der Waals surface area contributed by atoms with Gasteiger partial charge in [0.1, 0.15) is 0 Å². The van der Waals surface area contributed by atoms with Gasteiger partial charge in [0.05, 0.1) is 0 Å². The Labute approximate surface area is 362 Å². The van der Waals surface area contributed by atoms with E-state index >= 15 is 0 Å². The van der Waals surface area contributed by atoms with Crippen LogP contribution in [0.25, 0.3) is 31.9 Å². The van der Waals surface area contributed by atoms with Gasteiger partial charge in [-0.25, -0.2) is 0 Å². The van der Waals surface area contributed by atoms with Crippen LogP contribution in [0.2, 0.25) is 0 Å². The Kier molecular flexibility index (Phi) is 32.5. The summed E-state index contributed by atoms with van der Waals surface area (Å²) in [5, 5.41) is 138. The maximum absolute atomic E-state index is 10.6. The first-order valence-electron chi connectivity index (χ1n) is 15.7. The Morgan fingerprint density at radius 3 is 1.09 bits per heavy atom. The van der Waals surface area contributed by atoms with Crippen molar-refractivity contribution in [3.63, 3.8) is 0 Å². The quantitative estimate of drug-likeness (QED) is 0.0442. The van der Waals surface area contributed by atoms with Gasteiger partial charge in [-0.1, -0.05) is 29.7 Å². The van der Waals surface area contributed by atoms with Gasteiger partial charge < -0.3 is 93.2 Å². The van der Waals surface area contributed by atoms with Gasteiger partial charge in [-0.15, -0.1) is 45.3 Å². The van der Waals surface area contributed by atoms with E-state index < -0.39 is 96.8 Å². The number of aliphatic carboxylic acids is 4. The predicted octanol–water partition coefficient (Wildman–Crippen LogP) is -3.50. The van der Waals surface area contributed by atoms with Crippen molar-refractivity contribution in [3.8, 4) is 0 Å². The third-order valence-electron chi connectivity index (χ3n) is 7.97. The molecule has 0 amide bonds. The van der Waals surface area contributed by atoms with Crippen LogP contribution in [0.15, 0.2) is 0 Å². The Hall–Kier alpha value is -0.0696. The molecule has 22 nitrogen and oxygen atoms in total. The second-order valence-electron chi connectivity index (χ2n) is 11.4. The monoisotopic (exact) mass is 1260 g/mol. The summed E-state index contributed by atoms with van der Waals surface area (Å²) in [4.78, 5) is 42.4. The van der Waals surface area contributed by atoms with Crippen molar-refractivity contribution in [2.24, 2.45) is 0 Å². The van der Waals surface area contributed by atoms with Crippen LogP contribution in [0.3, 0.4) is 0 Å². The van der Waals surface area contributed by atoms with Crippen molar-refractivity contribution in [2.75, 3.05) is 59.1 Å². The molecule has 2 rings (SSSR count). The molecule has 2 saturated carbocycles. The van der Waals surface area contributed by atoms with E-state index in [0.717, 1.165) is 0 Å². The molecule has 0 bridgehead atoms. The SMILES string of the molecule is O=C(O)CC[N-]C1C(O)C([N-]CCC(=O)O)C(CO)([N-]CCO)C1O.O=C(O)CC[N-]C1C(O)C([N-]CCO)C(O)C([N-]CCC(=O)O)C1O.[Hf].[Hf].[Hf]. The minimum absolute atomic E-state index is 0. The molecule has 304 valence electrons. The summed E-state index contributed by atoms with van der Waals surface area (Å²) >= 11 is 0. The number of carbonyl (C=O) groups is 4. The zero-order chi connectivity index (χ0) is 38.0. The van der Waals surface area contributed by atoms with Crippen LogP contribution in [-0.4, -0.2) is 211 Å². The topological polar surface area (TPSA) is 396 Å². The fourth-order valence-electron chi connectivity index (χ4n) is 5.59. The molecule has 12 N–H and O–H groups in total. The molecule has 2 fully saturated rings. The summed E-state index contributed by atoms with van der Waals surface area (Å²) in [7, 11) is 0. The van der Waals surface area contributed by atoms with E-state index in [4.69, 9.17) is 30.6 Å². The molecule has 53 heavy (non-hydrogen) atoms. The molecular formula is C28H48Hf3N6O16-6. The maximum Gasteiger partial charge on any atom is 0.301 e. The number of hydrogen-bond acceptors (Lipinski definition) is 12. The molecular weight excluding hydrogens is 1210 g/mol. The molecule has 0 radical (unpaired) electrons. The van der Waals surface area contributed by atoms with Gasteiger partial charge in [-0.2, -0.15) is 0 Å². The van der Waals surface area contributed by atoms with Gasteiger partial charge in [-0.05, 0) is 0 Å². The molecule has 2 aliphatic rings. The molecule has 9 unspecified atom stereocenters. The zero-order valence-corrected chi connectivity index (χ0v) is 39.4. The first-order chi connectivity index (χ1) is 23.6. The van der Waals surface area contributed by atoms with Gasteiger partial charge in [0, 0.05) is 154 Å². The van der Waals surface area contributed by atoms with E-state index in [2.05, 4.69) is 31.9 Å². The van der Waals surface area contributed by atoms with Crippen molar-refractivity contribution in [3.05, 3.63) is 31.9 Å². The molecule has 0 heterocycles. The van der Waals surface area contributed by atoms with Crippen molar-refractivity contribution in [1.29, 1.82) is 0 Å². The van der Waals surface area contributed by atoms with Crippen LogP contribution in [0.5, 0.6) is 0 Å². The Morgan fingerprint density at radius 1 is 0.453 bits per heavy atom. The largest absolute Gasteiger partial charge is 0.658 e. The number of hydrogen-bond donors (Lipinski definition) is 12. The summed E-state index contributed by atoms with van der Waals surface area (Å²) in [6.07, 6.45) is -8.17. The Bertz CT molecular complexity index is 1010. The van der Waals surface area contributed by atoms with E-state index in [0.29, 0.717) is 0 Å². The average molecular weight is 1260 g/mol. The average Bonchev–Trinajstić information content (AvgIpc) is 3.24. The normalized spacial score (nSPS) is 30.4. The number of aliphatic hydroxyl groups is 8.